The van der Waals surface area contributed by atoms with Crippen molar-refractivity contribution in [2.75, 3.05) is 11.9 Å². The van der Waals surface area contributed by atoms with Crippen LogP contribution in [0.1, 0.15) is 12.5 Å². The van der Waals surface area contributed by atoms with Crippen molar-refractivity contribution < 1.29 is 19.4 Å². The fourth-order valence-corrected chi connectivity index (χ4v) is 2.18. The molecule has 0 aliphatic carbocycles. The van der Waals surface area contributed by atoms with Crippen molar-refractivity contribution in [3.8, 4) is 5.75 Å². The Morgan fingerprint density at radius 1 is 1.08 bits per heavy atom. The molecule has 0 saturated heterocycles. The van der Waals surface area contributed by atoms with E-state index in [0.29, 0.717) is 18.0 Å². The lowest BCUT2D eigenvalue weighted by atomic mass is 10.1. The van der Waals surface area contributed by atoms with Crippen LogP contribution in [0.5, 0.6) is 5.75 Å². The third-order valence-electron chi connectivity index (χ3n) is 3.31. The van der Waals surface area contributed by atoms with E-state index < -0.39 is 18.0 Å². The maximum absolute atomic E-state index is 12.0. The molecule has 0 heterocycles. The molecular weight excluding hydrogens is 308 g/mol. The van der Waals surface area contributed by atoms with E-state index in [1.165, 1.54) is 0 Å². The lowest BCUT2D eigenvalue weighted by Gasteiger charge is -2.15. The van der Waals surface area contributed by atoms with Crippen LogP contribution in [0.4, 0.5) is 10.5 Å². The maximum Gasteiger partial charge on any atom is 0.326 e. The summed E-state index contributed by atoms with van der Waals surface area (Å²) in [6.45, 7) is 2.45. The Balaban J connectivity index is 1.94. The van der Waals surface area contributed by atoms with Crippen molar-refractivity contribution in [1.29, 1.82) is 0 Å². The van der Waals surface area contributed by atoms with Gasteiger partial charge in [-0.05, 0) is 36.8 Å². The highest BCUT2D eigenvalue weighted by molar-refractivity contribution is 5.92. The van der Waals surface area contributed by atoms with Crippen molar-refractivity contribution in [3.05, 3.63) is 60.2 Å². The number of amides is 2. The Bertz CT molecular complexity index is 671. The Labute approximate surface area is 140 Å². The Morgan fingerprint density at radius 3 is 2.33 bits per heavy atom. The molecule has 3 N–H and O–H groups in total. The van der Waals surface area contributed by atoms with E-state index in [1.54, 1.807) is 24.3 Å². The summed E-state index contributed by atoms with van der Waals surface area (Å²) in [5.41, 5.74) is 1.39. The SMILES string of the molecule is CCOc1ccc(NC(=O)N[C@@H](Cc2ccccc2)C(=O)O)cc1. The third-order valence-corrected chi connectivity index (χ3v) is 3.31. The summed E-state index contributed by atoms with van der Waals surface area (Å²) in [5, 5.41) is 14.4. The molecule has 2 aromatic carbocycles. The van der Waals surface area contributed by atoms with Crippen molar-refractivity contribution >= 4 is 17.7 Å². The molecule has 6 heteroatoms. The molecule has 0 aliphatic rings. The molecule has 1 atom stereocenters. The van der Waals surface area contributed by atoms with Gasteiger partial charge in [0.05, 0.1) is 6.61 Å². The van der Waals surface area contributed by atoms with Crippen molar-refractivity contribution in [3.63, 3.8) is 0 Å². The minimum atomic E-state index is -1.08. The number of carbonyl (C=O) groups excluding carboxylic acids is 1. The summed E-state index contributed by atoms with van der Waals surface area (Å²) in [5.74, 6) is -0.378. The van der Waals surface area contributed by atoms with Gasteiger partial charge < -0.3 is 20.5 Å². The fraction of sp³-hybridized carbons (Fsp3) is 0.222. The molecule has 0 spiro atoms. The number of urea groups is 1. The van der Waals surface area contributed by atoms with E-state index in [-0.39, 0.29) is 6.42 Å². The molecule has 0 saturated carbocycles. The average Bonchev–Trinajstić information content (AvgIpc) is 2.57. The number of nitrogens with one attached hydrogen (secondary N) is 2. The van der Waals surface area contributed by atoms with Crippen LogP contribution in [0.3, 0.4) is 0 Å². The first-order valence-electron chi connectivity index (χ1n) is 7.65. The highest BCUT2D eigenvalue weighted by atomic mass is 16.5. The van der Waals surface area contributed by atoms with Crippen LogP contribution in [0, 0.1) is 0 Å². The number of anilines is 1. The van der Waals surface area contributed by atoms with Crippen LogP contribution in [0.25, 0.3) is 0 Å². The number of carboxylic acids is 1. The molecular formula is C18H20N2O4. The number of aliphatic carboxylic acids is 1. The smallest absolute Gasteiger partial charge is 0.326 e. The minimum Gasteiger partial charge on any atom is -0.494 e. The number of carbonyl (C=O) groups is 2. The molecule has 6 nitrogen and oxygen atoms in total. The standard InChI is InChI=1S/C18H20N2O4/c1-2-24-15-10-8-14(9-11-15)19-18(23)20-16(17(21)22)12-13-6-4-3-5-7-13/h3-11,16H,2,12H2,1H3,(H,21,22)(H2,19,20,23)/t16-/m0/s1. The van der Waals surface area contributed by atoms with Gasteiger partial charge in [-0.2, -0.15) is 0 Å². The molecule has 126 valence electrons. The van der Waals surface area contributed by atoms with Crippen LogP contribution in [-0.4, -0.2) is 29.8 Å². The van der Waals surface area contributed by atoms with Gasteiger partial charge in [0.1, 0.15) is 11.8 Å². The number of carboxylic acid groups (broad SMARTS) is 1. The quantitative estimate of drug-likeness (QED) is 0.729. The molecule has 0 radical (unpaired) electrons. The summed E-state index contributed by atoms with van der Waals surface area (Å²) in [7, 11) is 0. The summed E-state index contributed by atoms with van der Waals surface area (Å²) >= 11 is 0. The number of hydrogen-bond donors (Lipinski definition) is 3. The molecule has 24 heavy (non-hydrogen) atoms. The molecule has 2 amide bonds. The van der Waals surface area contributed by atoms with E-state index in [4.69, 9.17) is 4.74 Å². The van der Waals surface area contributed by atoms with Gasteiger partial charge in [-0.1, -0.05) is 30.3 Å². The first-order valence-corrected chi connectivity index (χ1v) is 7.65. The third kappa shape index (κ3) is 5.31. The lowest BCUT2D eigenvalue weighted by molar-refractivity contribution is -0.139. The normalized spacial score (nSPS) is 11.4. The summed E-state index contributed by atoms with van der Waals surface area (Å²) in [6.07, 6.45) is 0.215. The zero-order valence-corrected chi connectivity index (χ0v) is 13.4. The highest BCUT2D eigenvalue weighted by Crippen LogP contribution is 2.15. The lowest BCUT2D eigenvalue weighted by Crippen LogP contribution is -2.44. The summed E-state index contributed by atoms with van der Waals surface area (Å²) < 4.78 is 5.32. The molecule has 2 rings (SSSR count). The Hall–Kier alpha value is -3.02. The van der Waals surface area contributed by atoms with Gasteiger partial charge in [0.15, 0.2) is 0 Å². The van der Waals surface area contributed by atoms with Gasteiger partial charge in [0, 0.05) is 12.1 Å². The van der Waals surface area contributed by atoms with Crippen LogP contribution < -0.4 is 15.4 Å². The van der Waals surface area contributed by atoms with Crippen LogP contribution in [0.2, 0.25) is 0 Å². The van der Waals surface area contributed by atoms with E-state index in [9.17, 15) is 14.7 Å². The van der Waals surface area contributed by atoms with E-state index >= 15 is 0 Å². The van der Waals surface area contributed by atoms with E-state index in [2.05, 4.69) is 10.6 Å². The highest BCUT2D eigenvalue weighted by Gasteiger charge is 2.20. The minimum absolute atomic E-state index is 0.215. The molecule has 0 bridgehead atoms. The number of rotatable bonds is 7. The molecule has 0 unspecified atom stereocenters. The zero-order valence-electron chi connectivity index (χ0n) is 13.4. The summed E-state index contributed by atoms with van der Waals surface area (Å²) in [6, 6.07) is 14.4. The van der Waals surface area contributed by atoms with Crippen LogP contribution in [-0.2, 0) is 11.2 Å². The van der Waals surface area contributed by atoms with Gasteiger partial charge in [0.25, 0.3) is 0 Å². The second kappa shape index (κ2) is 8.57. The predicted octanol–water partition coefficient (Wildman–Crippen LogP) is 2.90. The number of hydrogen-bond acceptors (Lipinski definition) is 3. The van der Waals surface area contributed by atoms with Gasteiger partial charge in [0.2, 0.25) is 0 Å². The first-order chi connectivity index (χ1) is 11.6. The fourth-order valence-electron chi connectivity index (χ4n) is 2.18. The zero-order chi connectivity index (χ0) is 17.4. The molecule has 0 aliphatic heterocycles. The van der Waals surface area contributed by atoms with Gasteiger partial charge in [-0.3, -0.25) is 0 Å². The van der Waals surface area contributed by atoms with Gasteiger partial charge in [-0.25, -0.2) is 9.59 Å². The summed E-state index contributed by atoms with van der Waals surface area (Å²) in [4.78, 5) is 23.4. The Kier molecular flexibility index (Phi) is 6.19. The first kappa shape index (κ1) is 17.3. The van der Waals surface area contributed by atoms with Gasteiger partial charge in [-0.15, -0.1) is 0 Å². The maximum atomic E-state index is 12.0. The number of ether oxygens (including phenoxy) is 1. The predicted molar refractivity (Wildman–Crippen MR) is 91.3 cm³/mol. The largest absolute Gasteiger partial charge is 0.494 e. The second-order valence-electron chi connectivity index (χ2n) is 5.14. The average molecular weight is 328 g/mol. The topological polar surface area (TPSA) is 87.7 Å². The number of benzene rings is 2. The van der Waals surface area contributed by atoms with Crippen LogP contribution >= 0.6 is 0 Å². The Morgan fingerprint density at radius 2 is 1.75 bits per heavy atom. The van der Waals surface area contributed by atoms with Crippen molar-refractivity contribution in [2.45, 2.75) is 19.4 Å². The second-order valence-corrected chi connectivity index (χ2v) is 5.14. The molecule has 2 aromatic rings. The van der Waals surface area contributed by atoms with Gasteiger partial charge >= 0.3 is 12.0 Å². The van der Waals surface area contributed by atoms with E-state index in [0.717, 1.165) is 5.56 Å². The van der Waals surface area contributed by atoms with Crippen molar-refractivity contribution in [1.82, 2.24) is 5.32 Å². The monoisotopic (exact) mass is 328 g/mol. The molecule has 0 fully saturated rings. The molecule has 0 aromatic heterocycles. The van der Waals surface area contributed by atoms with Crippen LogP contribution in [0.15, 0.2) is 54.6 Å². The van der Waals surface area contributed by atoms with E-state index in [1.807, 2.05) is 37.3 Å². The van der Waals surface area contributed by atoms with Crippen molar-refractivity contribution in [2.24, 2.45) is 0 Å².